The lowest BCUT2D eigenvalue weighted by Gasteiger charge is -2.26. The summed E-state index contributed by atoms with van der Waals surface area (Å²) in [5.41, 5.74) is 1.06. The van der Waals surface area contributed by atoms with Crippen molar-refractivity contribution in [3.05, 3.63) is 23.9 Å². The maximum Gasteiger partial charge on any atom is 0.227 e. The molecule has 0 bridgehead atoms. The molecule has 0 aliphatic carbocycles. The molecule has 8 nitrogen and oxygen atoms in total. The normalized spacial score (nSPS) is 14.9. The van der Waals surface area contributed by atoms with Crippen molar-refractivity contribution < 1.29 is 9.53 Å². The fourth-order valence-electron chi connectivity index (χ4n) is 2.69. The standard InChI is InChI=1S/C19H32N6O2.HI/c1-3-20-19(21-8-4-10-25-11-13-27-14-12-25)22-9-7-18(26)24-17-6-5-16(2)15-23-17;/h5-6,15H,3-4,7-14H2,1-2H3,(H2,20,21,22)(H,23,24,26);1H. The second-order valence-corrected chi connectivity index (χ2v) is 6.51. The second kappa shape index (κ2) is 14.5. The summed E-state index contributed by atoms with van der Waals surface area (Å²) in [5.74, 6) is 1.26. The molecule has 3 N–H and O–H groups in total. The maximum atomic E-state index is 12.0. The topological polar surface area (TPSA) is 90.9 Å². The monoisotopic (exact) mass is 504 g/mol. The van der Waals surface area contributed by atoms with Crippen LogP contribution in [0.3, 0.4) is 0 Å². The summed E-state index contributed by atoms with van der Waals surface area (Å²) in [6.45, 7) is 10.8. The summed E-state index contributed by atoms with van der Waals surface area (Å²) >= 11 is 0. The quantitative estimate of drug-likeness (QED) is 0.205. The molecule has 9 heteroatoms. The van der Waals surface area contributed by atoms with Gasteiger partial charge in [-0.15, -0.1) is 24.0 Å². The number of anilines is 1. The molecule has 0 aromatic carbocycles. The lowest BCUT2D eigenvalue weighted by atomic mass is 10.3. The number of carbonyl (C=O) groups excluding carboxylic acids is 1. The van der Waals surface area contributed by atoms with Gasteiger partial charge >= 0.3 is 0 Å². The molecule has 1 amide bonds. The number of pyridine rings is 1. The van der Waals surface area contributed by atoms with Crippen molar-refractivity contribution in [3.63, 3.8) is 0 Å². The molecule has 1 saturated heterocycles. The molecular weight excluding hydrogens is 471 g/mol. The number of aliphatic imine (C=N–C) groups is 1. The van der Waals surface area contributed by atoms with E-state index < -0.39 is 0 Å². The van der Waals surface area contributed by atoms with E-state index in [1.54, 1.807) is 12.3 Å². The molecule has 0 atom stereocenters. The van der Waals surface area contributed by atoms with E-state index in [9.17, 15) is 4.79 Å². The Bertz CT molecular complexity index is 591. The lowest BCUT2D eigenvalue weighted by molar-refractivity contribution is -0.116. The van der Waals surface area contributed by atoms with Crippen LogP contribution in [-0.2, 0) is 9.53 Å². The number of guanidine groups is 1. The first kappa shape index (κ1) is 24.6. The third kappa shape index (κ3) is 10.2. The molecule has 1 aliphatic heterocycles. The number of hydrogen-bond donors (Lipinski definition) is 3. The van der Waals surface area contributed by atoms with E-state index >= 15 is 0 Å². The number of ether oxygens (including phenoxy) is 1. The van der Waals surface area contributed by atoms with Gasteiger partial charge in [0.25, 0.3) is 0 Å². The van der Waals surface area contributed by atoms with Crippen LogP contribution in [0.1, 0.15) is 25.3 Å². The van der Waals surface area contributed by atoms with Crippen LogP contribution in [0.15, 0.2) is 23.3 Å². The molecule has 1 aromatic rings. The number of halogens is 1. The Morgan fingerprint density at radius 3 is 2.75 bits per heavy atom. The number of carbonyl (C=O) groups is 1. The van der Waals surface area contributed by atoms with Crippen molar-refractivity contribution in [2.75, 3.05) is 57.8 Å². The van der Waals surface area contributed by atoms with Crippen molar-refractivity contribution in [1.82, 2.24) is 20.5 Å². The molecule has 0 saturated carbocycles. The van der Waals surface area contributed by atoms with E-state index in [2.05, 4.69) is 30.8 Å². The van der Waals surface area contributed by atoms with Gasteiger partial charge in [0.2, 0.25) is 5.91 Å². The smallest absolute Gasteiger partial charge is 0.227 e. The molecule has 0 radical (unpaired) electrons. The Kier molecular flexibility index (Phi) is 12.8. The summed E-state index contributed by atoms with van der Waals surface area (Å²) in [5, 5.41) is 9.22. The third-order valence-corrected chi connectivity index (χ3v) is 4.17. The fourth-order valence-corrected chi connectivity index (χ4v) is 2.69. The predicted molar refractivity (Wildman–Crippen MR) is 123 cm³/mol. The largest absolute Gasteiger partial charge is 0.379 e. The average molecular weight is 504 g/mol. The van der Waals surface area contributed by atoms with Crippen LogP contribution in [0.5, 0.6) is 0 Å². The summed E-state index contributed by atoms with van der Waals surface area (Å²) in [6, 6.07) is 3.73. The Morgan fingerprint density at radius 1 is 1.29 bits per heavy atom. The van der Waals surface area contributed by atoms with Crippen molar-refractivity contribution >= 4 is 41.7 Å². The van der Waals surface area contributed by atoms with E-state index in [0.29, 0.717) is 18.8 Å². The minimum atomic E-state index is -0.0676. The lowest BCUT2D eigenvalue weighted by Crippen LogP contribution is -2.39. The maximum absolute atomic E-state index is 12.0. The Labute approximate surface area is 184 Å². The highest BCUT2D eigenvalue weighted by Gasteiger charge is 2.09. The number of morpholine rings is 1. The zero-order valence-electron chi connectivity index (χ0n) is 16.9. The van der Waals surface area contributed by atoms with Gasteiger partial charge in [-0.2, -0.15) is 0 Å². The van der Waals surface area contributed by atoms with Crippen molar-refractivity contribution in [3.8, 4) is 0 Å². The van der Waals surface area contributed by atoms with Crippen LogP contribution in [0.4, 0.5) is 5.82 Å². The van der Waals surface area contributed by atoms with E-state index in [1.807, 2.05) is 19.9 Å². The summed E-state index contributed by atoms with van der Waals surface area (Å²) in [6.07, 6.45) is 3.10. The van der Waals surface area contributed by atoms with Crippen molar-refractivity contribution in [1.29, 1.82) is 0 Å². The van der Waals surface area contributed by atoms with Gasteiger partial charge in [-0.1, -0.05) is 6.07 Å². The SMILES string of the molecule is CCNC(=NCCCN1CCOCC1)NCCC(=O)Nc1ccc(C)cn1.I. The number of aromatic nitrogens is 1. The van der Waals surface area contributed by atoms with Gasteiger partial charge in [0.15, 0.2) is 5.96 Å². The molecule has 28 heavy (non-hydrogen) atoms. The molecular formula is C19H33IN6O2. The Balaban J connectivity index is 0.00000392. The zero-order valence-corrected chi connectivity index (χ0v) is 19.2. The first-order valence-corrected chi connectivity index (χ1v) is 9.72. The average Bonchev–Trinajstić information content (AvgIpc) is 2.68. The molecule has 1 aromatic heterocycles. The number of hydrogen-bond acceptors (Lipinski definition) is 5. The number of nitrogens with one attached hydrogen (secondary N) is 3. The van der Waals surface area contributed by atoms with Crippen molar-refractivity contribution in [2.45, 2.75) is 26.7 Å². The first-order valence-electron chi connectivity index (χ1n) is 9.72. The van der Waals surface area contributed by atoms with Gasteiger partial charge in [0.1, 0.15) is 5.82 Å². The summed E-state index contributed by atoms with van der Waals surface area (Å²) in [7, 11) is 0. The highest BCUT2D eigenvalue weighted by atomic mass is 127. The molecule has 1 fully saturated rings. The van der Waals surface area contributed by atoms with Gasteiger partial charge in [-0.3, -0.25) is 14.7 Å². The number of nitrogens with zero attached hydrogens (tertiary/aromatic N) is 3. The van der Waals surface area contributed by atoms with E-state index in [0.717, 1.165) is 63.9 Å². The van der Waals surface area contributed by atoms with Crippen LogP contribution < -0.4 is 16.0 Å². The predicted octanol–water partition coefficient (Wildman–Crippen LogP) is 1.61. The number of aryl methyl sites for hydroxylation is 1. The minimum Gasteiger partial charge on any atom is -0.379 e. The fraction of sp³-hybridized carbons (Fsp3) is 0.632. The van der Waals surface area contributed by atoms with Gasteiger partial charge in [0.05, 0.1) is 13.2 Å². The molecule has 2 rings (SSSR count). The van der Waals surface area contributed by atoms with Gasteiger partial charge in [-0.05, 0) is 31.9 Å². The third-order valence-electron chi connectivity index (χ3n) is 4.17. The Hall–Kier alpha value is -1.46. The second-order valence-electron chi connectivity index (χ2n) is 6.51. The van der Waals surface area contributed by atoms with E-state index in [1.165, 1.54) is 0 Å². The molecule has 0 unspecified atom stereocenters. The number of amides is 1. The van der Waals surface area contributed by atoms with Gasteiger partial charge in [-0.25, -0.2) is 4.98 Å². The summed E-state index contributed by atoms with van der Waals surface area (Å²) < 4.78 is 5.36. The Morgan fingerprint density at radius 2 is 2.07 bits per heavy atom. The van der Waals surface area contributed by atoms with Crippen LogP contribution in [0.2, 0.25) is 0 Å². The van der Waals surface area contributed by atoms with E-state index in [-0.39, 0.29) is 29.9 Å². The highest BCUT2D eigenvalue weighted by molar-refractivity contribution is 14.0. The van der Waals surface area contributed by atoms with Gasteiger partial charge in [0, 0.05) is 51.9 Å². The molecule has 1 aliphatic rings. The number of rotatable bonds is 9. The van der Waals surface area contributed by atoms with Crippen molar-refractivity contribution in [2.24, 2.45) is 4.99 Å². The zero-order chi connectivity index (χ0) is 19.3. The van der Waals surface area contributed by atoms with Crippen LogP contribution in [0, 0.1) is 6.92 Å². The van der Waals surface area contributed by atoms with Gasteiger partial charge < -0.3 is 20.7 Å². The summed E-state index contributed by atoms with van der Waals surface area (Å²) in [4.78, 5) is 23.2. The molecule has 0 spiro atoms. The van der Waals surface area contributed by atoms with Crippen LogP contribution >= 0.6 is 24.0 Å². The van der Waals surface area contributed by atoms with E-state index in [4.69, 9.17) is 4.74 Å². The van der Waals surface area contributed by atoms with Crippen LogP contribution in [-0.4, -0.2) is 74.2 Å². The molecule has 2 heterocycles. The molecule has 158 valence electrons. The minimum absolute atomic E-state index is 0. The van der Waals surface area contributed by atoms with Crippen LogP contribution in [0.25, 0.3) is 0 Å². The highest BCUT2D eigenvalue weighted by Crippen LogP contribution is 2.04. The first-order chi connectivity index (χ1) is 13.2.